The molecule has 0 aromatic heterocycles. The molecular formula is C17H19NO5. The van der Waals surface area contributed by atoms with Crippen LogP contribution in [0.1, 0.15) is 30.1 Å². The SMILES string of the molecule is CC(=O)C1CN(C(=O)CCC(=O)c2ccc3c(c2)OCCO3)C1. The maximum absolute atomic E-state index is 12.2. The molecule has 23 heavy (non-hydrogen) atoms. The van der Waals surface area contributed by atoms with Gasteiger partial charge in [0, 0.05) is 31.5 Å². The van der Waals surface area contributed by atoms with Crippen LogP contribution in [0.25, 0.3) is 0 Å². The third-order valence-electron chi connectivity index (χ3n) is 4.24. The van der Waals surface area contributed by atoms with E-state index in [1.807, 2.05) is 0 Å². The van der Waals surface area contributed by atoms with Crippen LogP contribution in [0.3, 0.4) is 0 Å². The van der Waals surface area contributed by atoms with E-state index in [0.29, 0.717) is 43.4 Å². The summed E-state index contributed by atoms with van der Waals surface area (Å²) in [5, 5.41) is 0. The molecule has 1 aromatic rings. The number of hydrogen-bond acceptors (Lipinski definition) is 5. The Balaban J connectivity index is 1.52. The Morgan fingerprint density at radius 3 is 2.48 bits per heavy atom. The predicted octanol–water partition coefficient (Wildman–Crippen LogP) is 1.47. The minimum absolute atomic E-state index is 0.0348. The van der Waals surface area contributed by atoms with Gasteiger partial charge in [-0.3, -0.25) is 14.4 Å². The quantitative estimate of drug-likeness (QED) is 0.769. The number of nitrogens with zero attached hydrogens (tertiary/aromatic N) is 1. The molecule has 0 bridgehead atoms. The van der Waals surface area contributed by atoms with E-state index < -0.39 is 0 Å². The van der Waals surface area contributed by atoms with E-state index >= 15 is 0 Å². The number of hydrogen-bond donors (Lipinski definition) is 0. The first-order valence-corrected chi connectivity index (χ1v) is 7.75. The Bertz CT molecular complexity index is 648. The molecule has 0 aliphatic carbocycles. The third kappa shape index (κ3) is 3.36. The van der Waals surface area contributed by atoms with Gasteiger partial charge in [0.15, 0.2) is 17.3 Å². The Morgan fingerprint density at radius 1 is 1.09 bits per heavy atom. The van der Waals surface area contributed by atoms with E-state index in [9.17, 15) is 14.4 Å². The summed E-state index contributed by atoms with van der Waals surface area (Å²) in [6.07, 6.45) is 0.317. The number of ether oxygens (including phenoxy) is 2. The summed E-state index contributed by atoms with van der Waals surface area (Å²) in [4.78, 5) is 37.0. The molecule has 0 atom stereocenters. The second kappa shape index (κ2) is 6.40. The number of fused-ring (bicyclic) bond motifs is 1. The second-order valence-corrected chi connectivity index (χ2v) is 5.89. The minimum Gasteiger partial charge on any atom is -0.486 e. The van der Waals surface area contributed by atoms with Crippen LogP contribution in [-0.2, 0) is 9.59 Å². The van der Waals surface area contributed by atoms with Crippen LogP contribution in [0.2, 0.25) is 0 Å². The Hall–Kier alpha value is -2.37. The normalized spacial score (nSPS) is 16.7. The summed E-state index contributed by atoms with van der Waals surface area (Å²) in [5.74, 6) is 1.11. The zero-order chi connectivity index (χ0) is 16.4. The molecule has 6 nitrogen and oxygen atoms in total. The van der Waals surface area contributed by atoms with Crippen molar-refractivity contribution in [3.63, 3.8) is 0 Å². The average Bonchev–Trinajstić information content (AvgIpc) is 2.50. The zero-order valence-electron chi connectivity index (χ0n) is 13.0. The largest absolute Gasteiger partial charge is 0.486 e. The van der Waals surface area contributed by atoms with Crippen molar-refractivity contribution in [3.8, 4) is 11.5 Å². The van der Waals surface area contributed by atoms with E-state index in [1.54, 1.807) is 23.1 Å². The van der Waals surface area contributed by atoms with Gasteiger partial charge in [-0.15, -0.1) is 0 Å². The predicted molar refractivity (Wildman–Crippen MR) is 81.7 cm³/mol. The molecule has 0 saturated carbocycles. The molecule has 1 saturated heterocycles. The zero-order valence-corrected chi connectivity index (χ0v) is 13.0. The molecule has 122 valence electrons. The van der Waals surface area contributed by atoms with Crippen LogP contribution in [0.5, 0.6) is 11.5 Å². The van der Waals surface area contributed by atoms with Gasteiger partial charge in [0.2, 0.25) is 5.91 Å². The highest BCUT2D eigenvalue weighted by atomic mass is 16.6. The van der Waals surface area contributed by atoms with Crippen LogP contribution in [0.15, 0.2) is 18.2 Å². The fourth-order valence-corrected chi connectivity index (χ4v) is 2.68. The van der Waals surface area contributed by atoms with Gasteiger partial charge < -0.3 is 14.4 Å². The third-order valence-corrected chi connectivity index (χ3v) is 4.24. The Labute approximate surface area is 134 Å². The van der Waals surface area contributed by atoms with Gasteiger partial charge in [0.05, 0.1) is 5.92 Å². The van der Waals surface area contributed by atoms with Gasteiger partial charge in [0.25, 0.3) is 0 Å². The fourth-order valence-electron chi connectivity index (χ4n) is 2.68. The molecule has 6 heteroatoms. The van der Waals surface area contributed by atoms with Crippen LogP contribution < -0.4 is 9.47 Å². The molecular weight excluding hydrogens is 298 g/mol. The van der Waals surface area contributed by atoms with Crippen molar-refractivity contribution in [2.45, 2.75) is 19.8 Å². The van der Waals surface area contributed by atoms with Crippen molar-refractivity contribution in [2.24, 2.45) is 5.92 Å². The lowest BCUT2D eigenvalue weighted by Gasteiger charge is -2.37. The van der Waals surface area contributed by atoms with Crippen molar-refractivity contribution in [3.05, 3.63) is 23.8 Å². The number of Topliss-reactive ketones (excluding diaryl/α,β-unsaturated/α-hetero) is 2. The lowest BCUT2D eigenvalue weighted by Crippen LogP contribution is -2.52. The number of carbonyl (C=O) groups excluding carboxylic acids is 3. The lowest BCUT2D eigenvalue weighted by molar-refractivity contribution is -0.141. The van der Waals surface area contributed by atoms with E-state index in [2.05, 4.69) is 0 Å². The molecule has 2 aliphatic rings. The highest BCUT2D eigenvalue weighted by molar-refractivity contribution is 5.98. The minimum atomic E-state index is -0.0982. The molecule has 0 spiro atoms. The molecule has 1 fully saturated rings. The fraction of sp³-hybridized carbons (Fsp3) is 0.471. The first-order chi connectivity index (χ1) is 11.0. The topological polar surface area (TPSA) is 72.9 Å². The molecule has 0 N–H and O–H groups in total. The van der Waals surface area contributed by atoms with Gasteiger partial charge in [-0.25, -0.2) is 0 Å². The van der Waals surface area contributed by atoms with Crippen LogP contribution in [0.4, 0.5) is 0 Å². The molecule has 0 unspecified atom stereocenters. The number of amides is 1. The monoisotopic (exact) mass is 317 g/mol. The smallest absolute Gasteiger partial charge is 0.223 e. The Morgan fingerprint density at radius 2 is 1.78 bits per heavy atom. The van der Waals surface area contributed by atoms with Crippen molar-refractivity contribution in [1.29, 1.82) is 0 Å². The van der Waals surface area contributed by atoms with E-state index in [0.717, 1.165) is 0 Å². The summed E-state index contributed by atoms with van der Waals surface area (Å²) in [6.45, 7) is 3.47. The highest BCUT2D eigenvalue weighted by Crippen LogP contribution is 2.31. The molecule has 1 aromatic carbocycles. The number of benzene rings is 1. The van der Waals surface area contributed by atoms with E-state index in [-0.39, 0.29) is 36.2 Å². The number of rotatable bonds is 5. The number of likely N-dealkylation sites (tertiary alicyclic amines) is 1. The summed E-state index contributed by atoms with van der Waals surface area (Å²) < 4.78 is 10.9. The van der Waals surface area contributed by atoms with Crippen molar-refractivity contribution in [1.82, 2.24) is 4.90 Å². The van der Waals surface area contributed by atoms with Crippen molar-refractivity contribution in [2.75, 3.05) is 26.3 Å². The molecule has 1 amide bonds. The van der Waals surface area contributed by atoms with Crippen molar-refractivity contribution >= 4 is 17.5 Å². The van der Waals surface area contributed by atoms with Gasteiger partial charge in [-0.2, -0.15) is 0 Å². The Kier molecular flexibility index (Phi) is 4.32. The first-order valence-electron chi connectivity index (χ1n) is 7.75. The molecule has 0 radical (unpaired) electrons. The van der Waals surface area contributed by atoms with E-state index in [1.165, 1.54) is 6.92 Å². The van der Waals surface area contributed by atoms with Crippen LogP contribution >= 0.6 is 0 Å². The highest BCUT2D eigenvalue weighted by Gasteiger charge is 2.33. The van der Waals surface area contributed by atoms with Gasteiger partial charge in [-0.05, 0) is 25.1 Å². The van der Waals surface area contributed by atoms with E-state index in [4.69, 9.17) is 9.47 Å². The van der Waals surface area contributed by atoms with Gasteiger partial charge >= 0.3 is 0 Å². The van der Waals surface area contributed by atoms with Gasteiger partial charge in [-0.1, -0.05) is 0 Å². The second-order valence-electron chi connectivity index (χ2n) is 5.89. The number of ketones is 2. The summed E-state index contributed by atoms with van der Waals surface area (Å²) in [5.41, 5.74) is 0.521. The standard InChI is InChI=1S/C17H19NO5/c1-11(19)13-9-18(10-13)17(21)5-3-14(20)12-2-4-15-16(8-12)23-7-6-22-15/h2,4,8,13H,3,5-7,9-10H2,1H3. The lowest BCUT2D eigenvalue weighted by atomic mass is 9.95. The molecule has 2 heterocycles. The molecule has 3 rings (SSSR count). The maximum Gasteiger partial charge on any atom is 0.223 e. The first kappa shape index (κ1) is 15.5. The van der Waals surface area contributed by atoms with Crippen LogP contribution in [0, 0.1) is 5.92 Å². The van der Waals surface area contributed by atoms with Crippen LogP contribution in [-0.4, -0.2) is 48.7 Å². The maximum atomic E-state index is 12.2. The summed E-state index contributed by atoms with van der Waals surface area (Å²) >= 11 is 0. The average molecular weight is 317 g/mol. The van der Waals surface area contributed by atoms with Crippen molar-refractivity contribution < 1.29 is 23.9 Å². The summed E-state index contributed by atoms with van der Waals surface area (Å²) in [6, 6.07) is 5.07. The number of carbonyl (C=O) groups is 3. The molecule has 2 aliphatic heterocycles. The summed E-state index contributed by atoms with van der Waals surface area (Å²) in [7, 11) is 0. The van der Waals surface area contributed by atoms with Gasteiger partial charge in [0.1, 0.15) is 19.0 Å².